The number of carbonyl (C=O) groups excluding carboxylic acids is 2. The summed E-state index contributed by atoms with van der Waals surface area (Å²) in [5.74, 6) is -0.551. The molecule has 1 aliphatic heterocycles. The van der Waals surface area contributed by atoms with E-state index < -0.39 is 5.41 Å². The van der Waals surface area contributed by atoms with Gasteiger partial charge >= 0.3 is 5.97 Å². The predicted octanol–water partition coefficient (Wildman–Crippen LogP) is 0.00450. The Morgan fingerprint density at radius 1 is 1.35 bits per heavy atom. The summed E-state index contributed by atoms with van der Waals surface area (Å²) in [4.78, 5) is 25.8. The Morgan fingerprint density at radius 2 is 2.00 bits per heavy atom. The van der Waals surface area contributed by atoms with Crippen LogP contribution >= 0.6 is 0 Å². The molecule has 1 amide bonds. The Balaban J connectivity index is 2.69. The highest BCUT2D eigenvalue weighted by atomic mass is 16.5. The number of nitrogens with zero attached hydrogens (tertiary/aromatic N) is 1. The topological polar surface area (TPSA) is 78.9 Å². The van der Waals surface area contributed by atoms with Crippen LogP contribution in [0.25, 0.3) is 0 Å². The lowest BCUT2D eigenvalue weighted by molar-refractivity contribution is -0.148. The first-order valence-electron chi connectivity index (χ1n) is 7.00. The third-order valence-corrected chi connectivity index (χ3v) is 3.49. The Labute approximate surface area is 120 Å². The van der Waals surface area contributed by atoms with E-state index in [-0.39, 0.29) is 30.4 Å². The van der Waals surface area contributed by atoms with Crippen LogP contribution in [0.15, 0.2) is 0 Å². The van der Waals surface area contributed by atoms with Crippen LogP contribution in [0, 0.1) is 11.3 Å². The van der Waals surface area contributed by atoms with Gasteiger partial charge in [-0.3, -0.25) is 14.5 Å². The van der Waals surface area contributed by atoms with Crippen molar-refractivity contribution in [2.45, 2.75) is 33.2 Å². The van der Waals surface area contributed by atoms with Crippen molar-refractivity contribution in [3.05, 3.63) is 0 Å². The lowest BCUT2D eigenvalue weighted by atomic mass is 9.91. The maximum atomic E-state index is 12.0. The van der Waals surface area contributed by atoms with Gasteiger partial charge in [0.2, 0.25) is 5.91 Å². The molecule has 0 spiro atoms. The molecule has 116 valence electrons. The van der Waals surface area contributed by atoms with Crippen molar-refractivity contribution in [1.29, 1.82) is 0 Å². The van der Waals surface area contributed by atoms with Crippen molar-refractivity contribution in [1.82, 2.24) is 10.2 Å². The summed E-state index contributed by atoms with van der Waals surface area (Å²) in [6.07, 6.45) is 0.580. The molecule has 0 radical (unpaired) electrons. The molecule has 20 heavy (non-hydrogen) atoms. The van der Waals surface area contributed by atoms with E-state index in [1.807, 2.05) is 25.7 Å². The van der Waals surface area contributed by atoms with Gasteiger partial charge in [-0.15, -0.1) is 0 Å². The first-order valence-corrected chi connectivity index (χ1v) is 7.00. The zero-order valence-corrected chi connectivity index (χ0v) is 12.8. The number of carbonyl (C=O) groups is 2. The molecular weight excluding hydrogens is 260 g/mol. The monoisotopic (exact) mass is 286 g/mol. The van der Waals surface area contributed by atoms with Crippen molar-refractivity contribution in [2.24, 2.45) is 11.3 Å². The number of piperidine rings is 1. The molecule has 0 aliphatic carbocycles. The highest BCUT2D eigenvalue weighted by Crippen LogP contribution is 2.20. The van der Waals surface area contributed by atoms with E-state index in [1.54, 1.807) is 0 Å². The maximum Gasteiger partial charge on any atom is 0.310 e. The molecule has 1 heterocycles. The highest BCUT2D eigenvalue weighted by molar-refractivity contribution is 5.81. The molecule has 0 aromatic rings. The van der Waals surface area contributed by atoms with Crippen molar-refractivity contribution < 1.29 is 19.4 Å². The van der Waals surface area contributed by atoms with Crippen molar-refractivity contribution in [2.75, 3.05) is 33.4 Å². The summed E-state index contributed by atoms with van der Waals surface area (Å²) in [6.45, 7) is 7.31. The van der Waals surface area contributed by atoms with Gasteiger partial charge in [0, 0.05) is 31.1 Å². The number of nitrogens with one attached hydrogen (secondary N) is 1. The summed E-state index contributed by atoms with van der Waals surface area (Å²) >= 11 is 0. The SMILES string of the molecule is COC(=O)C1CC(NC(=O)C(C)(C)C)CN(CCO)C1. The second-order valence-electron chi connectivity index (χ2n) is 6.36. The molecule has 1 rings (SSSR count). The van der Waals surface area contributed by atoms with Crippen molar-refractivity contribution in [3.63, 3.8) is 0 Å². The molecule has 1 saturated heterocycles. The van der Waals surface area contributed by atoms with Crippen LogP contribution in [0.2, 0.25) is 0 Å². The first kappa shape index (κ1) is 16.9. The van der Waals surface area contributed by atoms with Gasteiger partial charge in [-0.2, -0.15) is 0 Å². The molecule has 6 nitrogen and oxygen atoms in total. The molecule has 1 fully saturated rings. The largest absolute Gasteiger partial charge is 0.469 e. The Kier molecular flexibility index (Phi) is 5.95. The van der Waals surface area contributed by atoms with E-state index in [4.69, 9.17) is 9.84 Å². The highest BCUT2D eigenvalue weighted by Gasteiger charge is 2.34. The lowest BCUT2D eigenvalue weighted by Crippen LogP contribution is -2.54. The maximum absolute atomic E-state index is 12.0. The second kappa shape index (κ2) is 7.04. The molecule has 1 aliphatic rings. The van der Waals surface area contributed by atoms with Gasteiger partial charge in [-0.05, 0) is 6.42 Å². The van der Waals surface area contributed by atoms with E-state index in [1.165, 1.54) is 7.11 Å². The number of ether oxygens (including phenoxy) is 1. The average molecular weight is 286 g/mol. The van der Waals surface area contributed by atoms with Crippen LogP contribution in [0.5, 0.6) is 0 Å². The van der Waals surface area contributed by atoms with E-state index >= 15 is 0 Å². The third-order valence-electron chi connectivity index (χ3n) is 3.49. The normalized spacial score (nSPS) is 24.2. The number of likely N-dealkylation sites (tertiary alicyclic amines) is 1. The van der Waals surface area contributed by atoms with Crippen LogP contribution in [0.3, 0.4) is 0 Å². The molecule has 0 bridgehead atoms. The van der Waals surface area contributed by atoms with Crippen LogP contribution in [0.4, 0.5) is 0 Å². The number of hydrogen-bond acceptors (Lipinski definition) is 5. The van der Waals surface area contributed by atoms with Crippen LogP contribution in [0.1, 0.15) is 27.2 Å². The zero-order chi connectivity index (χ0) is 15.3. The minimum Gasteiger partial charge on any atom is -0.469 e. The van der Waals surface area contributed by atoms with Crippen LogP contribution < -0.4 is 5.32 Å². The van der Waals surface area contributed by atoms with Crippen molar-refractivity contribution >= 4 is 11.9 Å². The van der Waals surface area contributed by atoms with Gasteiger partial charge in [0.25, 0.3) is 0 Å². The number of esters is 1. The minimum atomic E-state index is -0.458. The minimum absolute atomic E-state index is 0.0306. The third kappa shape index (κ3) is 4.76. The van der Waals surface area contributed by atoms with E-state index in [0.29, 0.717) is 26.1 Å². The Hall–Kier alpha value is -1.14. The fraction of sp³-hybridized carbons (Fsp3) is 0.857. The summed E-state index contributed by atoms with van der Waals surface area (Å²) in [6, 6.07) is -0.0916. The van der Waals surface area contributed by atoms with Crippen LogP contribution in [-0.4, -0.2) is 61.3 Å². The van der Waals surface area contributed by atoms with Crippen molar-refractivity contribution in [3.8, 4) is 0 Å². The number of β-amino-alcohol motifs (C(OH)–C–C–N with tert-alkyl or cyclic N) is 1. The second-order valence-corrected chi connectivity index (χ2v) is 6.36. The smallest absolute Gasteiger partial charge is 0.310 e. The standard InChI is InChI=1S/C14H26N2O4/c1-14(2,3)13(19)15-11-7-10(12(18)20-4)8-16(9-11)5-6-17/h10-11,17H,5-9H2,1-4H3,(H,15,19). The fourth-order valence-electron chi connectivity index (χ4n) is 2.36. The summed E-state index contributed by atoms with van der Waals surface area (Å²) in [7, 11) is 1.37. The summed E-state index contributed by atoms with van der Waals surface area (Å²) in [5.41, 5.74) is -0.458. The molecule has 2 atom stereocenters. The quantitative estimate of drug-likeness (QED) is 0.712. The van der Waals surface area contributed by atoms with Gasteiger partial charge in [0.1, 0.15) is 0 Å². The first-order chi connectivity index (χ1) is 9.27. The molecule has 0 saturated carbocycles. The van der Waals surface area contributed by atoms with Crippen LogP contribution in [-0.2, 0) is 14.3 Å². The average Bonchev–Trinajstić information content (AvgIpc) is 2.36. The molecule has 0 aromatic carbocycles. The lowest BCUT2D eigenvalue weighted by Gasteiger charge is -2.37. The van der Waals surface area contributed by atoms with Gasteiger partial charge in [-0.25, -0.2) is 0 Å². The number of aliphatic hydroxyl groups excluding tert-OH is 1. The predicted molar refractivity (Wildman–Crippen MR) is 75.0 cm³/mol. The summed E-state index contributed by atoms with van der Waals surface area (Å²) in [5, 5.41) is 12.0. The van der Waals surface area contributed by atoms with Gasteiger partial charge in [0.15, 0.2) is 0 Å². The molecule has 6 heteroatoms. The molecule has 2 unspecified atom stereocenters. The number of amides is 1. The molecule has 2 N–H and O–H groups in total. The Morgan fingerprint density at radius 3 is 2.50 bits per heavy atom. The number of aliphatic hydroxyl groups is 1. The van der Waals surface area contributed by atoms with Gasteiger partial charge < -0.3 is 15.2 Å². The Bertz CT molecular complexity index is 352. The van der Waals surface area contributed by atoms with Gasteiger partial charge in [-0.1, -0.05) is 20.8 Å². The summed E-state index contributed by atoms with van der Waals surface area (Å²) < 4.78 is 4.80. The number of methoxy groups -OCH3 is 1. The number of rotatable bonds is 4. The van der Waals surface area contributed by atoms with E-state index in [0.717, 1.165) is 0 Å². The fourth-order valence-corrected chi connectivity index (χ4v) is 2.36. The molecule has 0 aromatic heterocycles. The van der Waals surface area contributed by atoms with E-state index in [9.17, 15) is 9.59 Å². The number of hydrogen-bond donors (Lipinski definition) is 2. The van der Waals surface area contributed by atoms with Gasteiger partial charge in [0.05, 0.1) is 19.6 Å². The van der Waals surface area contributed by atoms with E-state index in [2.05, 4.69) is 5.32 Å². The molecular formula is C14H26N2O4. The zero-order valence-electron chi connectivity index (χ0n) is 12.8.